The molecule has 1 aromatic carbocycles. The Labute approximate surface area is 108 Å². The van der Waals surface area contributed by atoms with Gasteiger partial charge >= 0.3 is 0 Å². The summed E-state index contributed by atoms with van der Waals surface area (Å²) in [5.74, 6) is -0.281. The molecule has 6 nitrogen and oxygen atoms in total. The van der Waals surface area contributed by atoms with Gasteiger partial charge in [-0.05, 0) is 12.1 Å². The third kappa shape index (κ3) is 1.56. The average Bonchev–Trinajstić information content (AvgIpc) is 3.18. The minimum absolute atomic E-state index is 0.167. The molecule has 0 bridgehead atoms. The first-order valence-corrected chi connectivity index (χ1v) is 5.71. The monoisotopic (exact) mass is 257 g/mol. The lowest BCUT2D eigenvalue weighted by Gasteiger charge is -2.06. The molecule has 1 fully saturated rings. The number of rotatable bonds is 3. The van der Waals surface area contributed by atoms with Gasteiger partial charge in [0.2, 0.25) is 5.88 Å². The maximum absolute atomic E-state index is 11.7. The molecule has 1 aromatic heterocycles. The van der Waals surface area contributed by atoms with Gasteiger partial charge in [-0.3, -0.25) is 9.36 Å². The predicted molar refractivity (Wildman–Crippen MR) is 66.7 cm³/mol. The summed E-state index contributed by atoms with van der Waals surface area (Å²) in [6, 6.07) is 7.28. The highest BCUT2D eigenvalue weighted by molar-refractivity contribution is 6.11. The number of carbonyl (C=O) groups is 1. The number of hydrogen-bond acceptors (Lipinski definition) is 4. The van der Waals surface area contributed by atoms with Crippen LogP contribution in [-0.2, 0) is 4.74 Å². The second-order valence-electron chi connectivity index (χ2n) is 4.22. The van der Waals surface area contributed by atoms with Gasteiger partial charge in [-0.2, -0.15) is 5.26 Å². The summed E-state index contributed by atoms with van der Waals surface area (Å²) in [5, 5.41) is 9.70. The SMILES string of the molecule is COc1c(C(N)=O)c2c(C#N)cccc2n1C1CO1. The van der Waals surface area contributed by atoms with Crippen LogP contribution in [0.15, 0.2) is 18.2 Å². The van der Waals surface area contributed by atoms with Gasteiger partial charge in [0, 0.05) is 5.39 Å². The summed E-state index contributed by atoms with van der Waals surface area (Å²) in [4.78, 5) is 11.7. The minimum Gasteiger partial charge on any atom is -0.482 e. The zero-order chi connectivity index (χ0) is 13.6. The van der Waals surface area contributed by atoms with E-state index in [0.717, 1.165) is 0 Å². The molecule has 1 saturated heterocycles. The number of carbonyl (C=O) groups excluding carboxylic acids is 1. The van der Waals surface area contributed by atoms with Crippen LogP contribution in [0.1, 0.15) is 22.1 Å². The van der Waals surface area contributed by atoms with Crippen molar-refractivity contribution < 1.29 is 14.3 Å². The van der Waals surface area contributed by atoms with Crippen LogP contribution < -0.4 is 10.5 Å². The molecule has 1 aliphatic rings. The summed E-state index contributed by atoms with van der Waals surface area (Å²) in [7, 11) is 1.46. The van der Waals surface area contributed by atoms with E-state index in [1.54, 1.807) is 16.7 Å². The summed E-state index contributed by atoms with van der Waals surface area (Å²) in [6.07, 6.45) is -0.167. The van der Waals surface area contributed by atoms with Crippen molar-refractivity contribution in [3.63, 3.8) is 0 Å². The van der Waals surface area contributed by atoms with Crippen LogP contribution in [0.4, 0.5) is 0 Å². The molecule has 0 aliphatic carbocycles. The van der Waals surface area contributed by atoms with E-state index < -0.39 is 5.91 Å². The van der Waals surface area contributed by atoms with Crippen LogP contribution in [0.2, 0.25) is 0 Å². The highest BCUT2D eigenvalue weighted by Gasteiger charge is 2.33. The zero-order valence-electron chi connectivity index (χ0n) is 10.2. The number of hydrogen-bond donors (Lipinski definition) is 1. The molecule has 6 heteroatoms. The van der Waals surface area contributed by atoms with Crippen LogP contribution in [0, 0.1) is 11.3 Å². The Hall–Kier alpha value is -2.52. The van der Waals surface area contributed by atoms with Gasteiger partial charge in [0.1, 0.15) is 5.56 Å². The zero-order valence-corrected chi connectivity index (χ0v) is 10.2. The first-order valence-electron chi connectivity index (χ1n) is 5.71. The van der Waals surface area contributed by atoms with Crippen molar-refractivity contribution in [2.75, 3.05) is 13.7 Å². The molecule has 2 N–H and O–H groups in total. The fraction of sp³-hybridized carbons (Fsp3) is 0.231. The molecular weight excluding hydrogens is 246 g/mol. The van der Waals surface area contributed by atoms with E-state index in [2.05, 4.69) is 6.07 Å². The lowest BCUT2D eigenvalue weighted by Crippen LogP contribution is -2.12. The fourth-order valence-corrected chi connectivity index (χ4v) is 2.34. The van der Waals surface area contributed by atoms with Crippen molar-refractivity contribution in [1.82, 2.24) is 4.57 Å². The first-order chi connectivity index (χ1) is 9.19. The lowest BCUT2D eigenvalue weighted by molar-refractivity contribution is 0.0998. The largest absolute Gasteiger partial charge is 0.482 e. The second kappa shape index (κ2) is 4.00. The van der Waals surface area contributed by atoms with Crippen molar-refractivity contribution in [2.24, 2.45) is 5.73 Å². The number of nitrogens with zero attached hydrogens (tertiary/aromatic N) is 2. The fourth-order valence-electron chi connectivity index (χ4n) is 2.34. The molecule has 2 heterocycles. The van der Waals surface area contributed by atoms with Gasteiger partial charge in [-0.1, -0.05) is 6.07 Å². The molecule has 96 valence electrons. The third-order valence-electron chi connectivity index (χ3n) is 3.15. The Balaban J connectivity index is 2.48. The van der Waals surface area contributed by atoms with E-state index >= 15 is 0 Å². The number of fused-ring (bicyclic) bond motifs is 1. The molecule has 1 unspecified atom stereocenters. The molecule has 19 heavy (non-hydrogen) atoms. The normalized spacial score (nSPS) is 17.2. The Morgan fingerprint density at radius 3 is 2.89 bits per heavy atom. The van der Waals surface area contributed by atoms with Crippen LogP contribution in [0.5, 0.6) is 5.88 Å². The predicted octanol–water partition coefficient (Wildman–Crippen LogP) is 1.15. The number of epoxide rings is 1. The van der Waals surface area contributed by atoms with Gasteiger partial charge < -0.3 is 15.2 Å². The maximum atomic E-state index is 11.7. The molecule has 0 spiro atoms. The molecule has 2 aromatic rings. The van der Waals surface area contributed by atoms with E-state index in [-0.39, 0.29) is 11.8 Å². The molecular formula is C13H11N3O3. The van der Waals surface area contributed by atoms with E-state index in [0.29, 0.717) is 29.0 Å². The van der Waals surface area contributed by atoms with E-state index in [4.69, 9.17) is 15.2 Å². The molecule has 0 saturated carbocycles. The molecule has 1 amide bonds. The third-order valence-corrected chi connectivity index (χ3v) is 3.15. The van der Waals surface area contributed by atoms with Gasteiger partial charge in [-0.25, -0.2) is 0 Å². The Morgan fingerprint density at radius 2 is 2.37 bits per heavy atom. The van der Waals surface area contributed by atoms with Crippen LogP contribution in [0.25, 0.3) is 10.9 Å². The maximum Gasteiger partial charge on any atom is 0.254 e. The molecule has 1 aliphatic heterocycles. The number of ether oxygens (including phenoxy) is 2. The number of methoxy groups -OCH3 is 1. The van der Waals surface area contributed by atoms with Crippen LogP contribution in [-0.4, -0.2) is 24.2 Å². The van der Waals surface area contributed by atoms with Crippen molar-refractivity contribution in [2.45, 2.75) is 6.23 Å². The average molecular weight is 257 g/mol. The van der Waals surface area contributed by atoms with Crippen molar-refractivity contribution in [1.29, 1.82) is 5.26 Å². The highest BCUT2D eigenvalue weighted by atomic mass is 16.6. The van der Waals surface area contributed by atoms with E-state index in [1.165, 1.54) is 7.11 Å². The quantitative estimate of drug-likeness (QED) is 0.834. The second-order valence-corrected chi connectivity index (χ2v) is 4.22. The van der Waals surface area contributed by atoms with E-state index in [1.807, 2.05) is 6.07 Å². The number of nitriles is 1. The molecule has 3 rings (SSSR count). The Kier molecular flexibility index (Phi) is 2.44. The van der Waals surface area contributed by atoms with E-state index in [9.17, 15) is 10.1 Å². The van der Waals surface area contributed by atoms with Crippen molar-refractivity contribution in [3.05, 3.63) is 29.3 Å². The Bertz CT molecular complexity index is 723. The topological polar surface area (TPSA) is 93.6 Å². The minimum atomic E-state index is -0.621. The smallest absolute Gasteiger partial charge is 0.254 e. The van der Waals surface area contributed by atoms with Gasteiger partial charge in [0.15, 0.2) is 6.23 Å². The molecule has 0 radical (unpaired) electrons. The number of aromatic nitrogens is 1. The summed E-state index contributed by atoms with van der Waals surface area (Å²) in [6.45, 7) is 0.551. The number of amides is 1. The van der Waals surface area contributed by atoms with Crippen molar-refractivity contribution in [3.8, 4) is 11.9 Å². The number of benzene rings is 1. The lowest BCUT2D eigenvalue weighted by atomic mass is 10.1. The Morgan fingerprint density at radius 1 is 1.63 bits per heavy atom. The summed E-state index contributed by atoms with van der Waals surface area (Å²) < 4.78 is 12.3. The highest BCUT2D eigenvalue weighted by Crippen LogP contribution is 2.40. The van der Waals surface area contributed by atoms with Crippen LogP contribution in [0.3, 0.4) is 0 Å². The number of nitrogens with two attached hydrogens (primary N) is 1. The van der Waals surface area contributed by atoms with Gasteiger partial charge in [0.25, 0.3) is 5.91 Å². The standard InChI is InChI=1S/C13H11N3O3/c1-18-13-11(12(15)17)10-7(5-14)3-2-4-8(10)16(13)9-6-19-9/h2-4,9H,6H2,1H3,(H2,15,17). The molecule has 1 atom stereocenters. The van der Waals surface area contributed by atoms with Gasteiger partial charge in [-0.15, -0.1) is 0 Å². The van der Waals surface area contributed by atoms with Gasteiger partial charge in [0.05, 0.1) is 30.9 Å². The van der Waals surface area contributed by atoms with Crippen molar-refractivity contribution >= 4 is 16.8 Å². The number of primary amides is 1. The van der Waals surface area contributed by atoms with Crippen LogP contribution >= 0.6 is 0 Å². The summed E-state index contributed by atoms with van der Waals surface area (Å²) >= 11 is 0. The first kappa shape index (κ1) is 11.6. The summed E-state index contributed by atoms with van der Waals surface area (Å²) in [5.41, 5.74) is 6.77.